The second-order valence-electron chi connectivity index (χ2n) is 7.29. The first-order valence-electron chi connectivity index (χ1n) is 9.58. The molecular weight excluding hydrogens is 390 g/mol. The Morgan fingerprint density at radius 2 is 1.93 bits per heavy atom. The summed E-state index contributed by atoms with van der Waals surface area (Å²) in [4.78, 5) is 14.8. The van der Waals surface area contributed by atoms with E-state index in [4.69, 9.17) is 4.74 Å². The summed E-state index contributed by atoms with van der Waals surface area (Å²) in [7, 11) is -0.335. The van der Waals surface area contributed by atoms with Crippen LogP contribution in [0.5, 0.6) is 5.75 Å². The van der Waals surface area contributed by atoms with Gasteiger partial charge < -0.3 is 10.1 Å². The van der Waals surface area contributed by atoms with Gasteiger partial charge in [0, 0.05) is 24.2 Å². The average Bonchev–Trinajstić information content (AvgIpc) is 3.56. The molecule has 2 aromatic carbocycles. The van der Waals surface area contributed by atoms with Gasteiger partial charge in [-0.3, -0.25) is 14.4 Å². The van der Waals surface area contributed by atoms with Crippen LogP contribution in [0.4, 0.5) is 5.69 Å². The molecule has 0 aliphatic heterocycles. The zero-order valence-electron chi connectivity index (χ0n) is 16.9. The quantitative estimate of drug-likeness (QED) is 0.655. The third-order valence-corrected chi connectivity index (χ3v) is 6.50. The number of nitrogens with zero attached hydrogens (tertiary/aromatic N) is 1. The highest BCUT2D eigenvalue weighted by Crippen LogP contribution is 2.27. The number of carbonyl (C=O) groups excluding carboxylic acids is 1. The monoisotopic (exact) mass is 417 g/mol. The van der Waals surface area contributed by atoms with Crippen LogP contribution in [-0.2, 0) is 10.0 Å². The van der Waals surface area contributed by atoms with Crippen LogP contribution < -0.4 is 14.8 Å². The Balaban J connectivity index is 1.69. The van der Waals surface area contributed by atoms with Crippen molar-refractivity contribution in [3.05, 3.63) is 54.1 Å². The summed E-state index contributed by atoms with van der Waals surface area (Å²) in [5, 5.41) is 2.89. The summed E-state index contributed by atoms with van der Waals surface area (Å²) in [5.74, 6) is 0.120. The SMILES string of the molecule is COc1ccccc1NS(=O)(=O)c1cccc(C(=O)NCC(C)N(C)C2CC2)c1. The zero-order chi connectivity index (χ0) is 21.0. The van der Waals surface area contributed by atoms with Crippen LogP contribution in [0.3, 0.4) is 0 Å². The van der Waals surface area contributed by atoms with Gasteiger partial charge in [0.2, 0.25) is 0 Å². The first-order chi connectivity index (χ1) is 13.8. The number of benzene rings is 2. The largest absolute Gasteiger partial charge is 0.495 e. The maximum atomic E-state index is 12.8. The lowest BCUT2D eigenvalue weighted by molar-refractivity contribution is 0.0939. The minimum atomic E-state index is -3.87. The van der Waals surface area contributed by atoms with E-state index in [-0.39, 0.29) is 16.8 Å². The third kappa shape index (κ3) is 5.27. The predicted octanol–water partition coefficient (Wildman–Crippen LogP) is 2.71. The van der Waals surface area contributed by atoms with Gasteiger partial charge in [0.15, 0.2) is 0 Å². The molecule has 0 radical (unpaired) electrons. The minimum Gasteiger partial charge on any atom is -0.495 e. The summed E-state index contributed by atoms with van der Waals surface area (Å²) in [6, 6.07) is 13.6. The number of hydrogen-bond acceptors (Lipinski definition) is 5. The summed E-state index contributed by atoms with van der Waals surface area (Å²) in [6.07, 6.45) is 2.40. The molecule has 0 bridgehead atoms. The Bertz CT molecular complexity index is 973. The van der Waals surface area contributed by atoms with Gasteiger partial charge in [0.25, 0.3) is 15.9 Å². The molecule has 2 aromatic rings. The van der Waals surface area contributed by atoms with Gasteiger partial charge in [-0.1, -0.05) is 18.2 Å². The third-order valence-electron chi connectivity index (χ3n) is 5.13. The molecule has 1 saturated carbocycles. The fraction of sp³-hybridized carbons (Fsp3) is 0.381. The fourth-order valence-corrected chi connectivity index (χ4v) is 4.18. The Morgan fingerprint density at radius 1 is 1.21 bits per heavy atom. The number of nitrogens with one attached hydrogen (secondary N) is 2. The molecule has 29 heavy (non-hydrogen) atoms. The van der Waals surface area contributed by atoms with Gasteiger partial charge in [-0.05, 0) is 57.1 Å². The maximum absolute atomic E-state index is 12.8. The highest BCUT2D eigenvalue weighted by Gasteiger charge is 2.29. The standard InChI is InChI=1S/C21H27N3O4S/c1-15(24(2)17-11-12-17)14-22-21(25)16-7-6-8-18(13-16)29(26,27)23-19-9-4-5-10-20(19)28-3/h4-10,13,15,17,23H,11-12,14H2,1-3H3,(H,22,25). The number of hydrogen-bond donors (Lipinski definition) is 2. The molecule has 2 N–H and O–H groups in total. The van der Waals surface area contributed by atoms with Crippen LogP contribution >= 0.6 is 0 Å². The second kappa shape index (κ2) is 8.84. The predicted molar refractivity (Wildman–Crippen MR) is 113 cm³/mol. The van der Waals surface area contributed by atoms with Crippen LogP contribution in [0.2, 0.25) is 0 Å². The van der Waals surface area contributed by atoms with Crippen molar-refractivity contribution in [1.82, 2.24) is 10.2 Å². The number of methoxy groups -OCH3 is 1. The summed E-state index contributed by atoms with van der Waals surface area (Å²) in [5.41, 5.74) is 0.635. The van der Waals surface area contributed by atoms with E-state index in [0.717, 1.165) is 0 Å². The minimum absolute atomic E-state index is 0.0132. The van der Waals surface area contributed by atoms with Gasteiger partial charge in [-0.15, -0.1) is 0 Å². The van der Waals surface area contributed by atoms with Crippen LogP contribution in [0.1, 0.15) is 30.1 Å². The van der Waals surface area contributed by atoms with Crippen molar-refractivity contribution in [2.75, 3.05) is 25.4 Å². The van der Waals surface area contributed by atoms with Crippen LogP contribution in [0.15, 0.2) is 53.4 Å². The smallest absolute Gasteiger partial charge is 0.262 e. The molecule has 3 rings (SSSR count). The van der Waals surface area contributed by atoms with E-state index in [2.05, 4.69) is 28.9 Å². The topological polar surface area (TPSA) is 87.7 Å². The van der Waals surface area contributed by atoms with Crippen molar-refractivity contribution in [3.63, 3.8) is 0 Å². The number of ether oxygens (including phenoxy) is 1. The summed E-state index contributed by atoms with van der Waals surface area (Å²) in [6.45, 7) is 2.57. The van der Waals surface area contributed by atoms with Gasteiger partial charge >= 0.3 is 0 Å². The molecule has 0 heterocycles. The van der Waals surface area contributed by atoms with Crippen LogP contribution in [0, 0.1) is 0 Å². The molecule has 1 aliphatic rings. The lowest BCUT2D eigenvalue weighted by Crippen LogP contribution is -2.41. The number of amides is 1. The number of anilines is 1. The van der Waals surface area contributed by atoms with E-state index in [9.17, 15) is 13.2 Å². The van der Waals surface area contributed by atoms with E-state index in [1.54, 1.807) is 36.4 Å². The lowest BCUT2D eigenvalue weighted by atomic mass is 10.2. The Hall–Kier alpha value is -2.58. The van der Waals surface area contributed by atoms with E-state index in [0.29, 0.717) is 29.6 Å². The van der Waals surface area contributed by atoms with E-state index < -0.39 is 10.0 Å². The second-order valence-corrected chi connectivity index (χ2v) is 8.97. The normalized spacial score (nSPS) is 15.0. The molecule has 1 atom stereocenters. The first-order valence-corrected chi connectivity index (χ1v) is 11.1. The maximum Gasteiger partial charge on any atom is 0.262 e. The molecule has 8 heteroatoms. The van der Waals surface area contributed by atoms with Crippen molar-refractivity contribution in [2.24, 2.45) is 0 Å². The van der Waals surface area contributed by atoms with Crippen LogP contribution in [-0.4, -0.2) is 52.0 Å². The summed E-state index contributed by atoms with van der Waals surface area (Å²) >= 11 is 0. The van der Waals surface area contributed by atoms with Gasteiger partial charge in [0.1, 0.15) is 5.75 Å². The number of carbonyl (C=O) groups is 1. The zero-order valence-corrected chi connectivity index (χ0v) is 17.7. The number of likely N-dealkylation sites (N-methyl/N-ethyl adjacent to an activating group) is 1. The average molecular weight is 418 g/mol. The number of para-hydroxylation sites is 2. The first kappa shape index (κ1) is 21.1. The molecule has 1 aliphatic carbocycles. The van der Waals surface area contributed by atoms with Crippen molar-refractivity contribution < 1.29 is 17.9 Å². The molecular formula is C21H27N3O4S. The van der Waals surface area contributed by atoms with Gasteiger partial charge in [-0.2, -0.15) is 0 Å². The van der Waals surface area contributed by atoms with Crippen LogP contribution in [0.25, 0.3) is 0 Å². The van der Waals surface area contributed by atoms with Crippen molar-refractivity contribution in [2.45, 2.75) is 36.7 Å². The summed E-state index contributed by atoms with van der Waals surface area (Å²) < 4.78 is 33.3. The molecule has 1 amide bonds. The molecule has 1 fully saturated rings. The number of rotatable bonds is 9. The molecule has 0 saturated heterocycles. The van der Waals surface area contributed by atoms with Crippen molar-refractivity contribution >= 4 is 21.6 Å². The molecule has 1 unspecified atom stereocenters. The molecule has 7 nitrogen and oxygen atoms in total. The highest BCUT2D eigenvalue weighted by molar-refractivity contribution is 7.92. The lowest BCUT2D eigenvalue weighted by Gasteiger charge is -2.24. The Kier molecular flexibility index (Phi) is 6.44. The van der Waals surface area contributed by atoms with E-state index in [1.807, 2.05) is 0 Å². The fourth-order valence-electron chi connectivity index (χ4n) is 3.07. The molecule has 156 valence electrons. The Labute approximate surface area is 172 Å². The highest BCUT2D eigenvalue weighted by atomic mass is 32.2. The van der Waals surface area contributed by atoms with E-state index in [1.165, 1.54) is 32.1 Å². The van der Waals surface area contributed by atoms with Crippen molar-refractivity contribution in [3.8, 4) is 5.75 Å². The Morgan fingerprint density at radius 3 is 2.62 bits per heavy atom. The van der Waals surface area contributed by atoms with Gasteiger partial charge in [0.05, 0.1) is 17.7 Å². The number of sulfonamides is 1. The molecule has 0 spiro atoms. The van der Waals surface area contributed by atoms with E-state index >= 15 is 0 Å². The molecule has 0 aromatic heterocycles. The van der Waals surface area contributed by atoms with Gasteiger partial charge in [-0.25, -0.2) is 8.42 Å². The van der Waals surface area contributed by atoms with Crippen molar-refractivity contribution in [1.29, 1.82) is 0 Å².